The molecular weight excluding hydrogens is 344 g/mol. The first-order valence-corrected chi connectivity index (χ1v) is 8.33. The first kappa shape index (κ1) is 19.2. The summed E-state index contributed by atoms with van der Waals surface area (Å²) in [5.74, 6) is -0.555. The number of carbonyl (C=O) groups is 3. The summed E-state index contributed by atoms with van der Waals surface area (Å²) in [6.45, 7) is 1.75. The van der Waals surface area contributed by atoms with Gasteiger partial charge in [-0.05, 0) is 31.5 Å². The van der Waals surface area contributed by atoms with Gasteiger partial charge in [-0.3, -0.25) is 14.4 Å². The van der Waals surface area contributed by atoms with Crippen LogP contribution in [0.4, 0.5) is 11.4 Å². The van der Waals surface area contributed by atoms with Crippen molar-refractivity contribution in [1.82, 2.24) is 10.6 Å². The van der Waals surface area contributed by atoms with Gasteiger partial charge in [-0.1, -0.05) is 12.1 Å². The van der Waals surface area contributed by atoms with Crippen molar-refractivity contribution in [3.05, 3.63) is 24.3 Å². The van der Waals surface area contributed by atoms with Crippen molar-refractivity contribution < 1.29 is 14.4 Å². The smallest absolute Gasteiger partial charge is 0.244 e. The number of para-hydroxylation sites is 2. The Morgan fingerprint density at radius 2 is 2.04 bits per heavy atom. The molecule has 8 heteroatoms. The number of piperidine rings is 1. The van der Waals surface area contributed by atoms with Crippen LogP contribution in [0.1, 0.15) is 25.7 Å². The van der Waals surface area contributed by atoms with Crippen LogP contribution in [0.5, 0.6) is 0 Å². The predicted molar refractivity (Wildman–Crippen MR) is 97.9 cm³/mol. The Balaban J connectivity index is 0.00000225. The molecule has 0 aromatic heterocycles. The monoisotopic (exact) mass is 366 g/mol. The largest absolute Gasteiger partial charge is 0.352 e. The third kappa shape index (κ3) is 4.93. The van der Waals surface area contributed by atoms with Crippen molar-refractivity contribution in [3.8, 4) is 0 Å². The number of carbonyl (C=O) groups excluding carboxylic acids is 3. The third-order valence-electron chi connectivity index (χ3n) is 4.30. The van der Waals surface area contributed by atoms with Crippen LogP contribution in [0.2, 0.25) is 0 Å². The topological polar surface area (TPSA) is 90.5 Å². The molecule has 25 heavy (non-hydrogen) atoms. The summed E-state index contributed by atoms with van der Waals surface area (Å²) in [4.78, 5) is 37.7. The number of anilines is 2. The van der Waals surface area contributed by atoms with Gasteiger partial charge in [0.1, 0.15) is 6.54 Å². The molecule has 0 radical (unpaired) electrons. The van der Waals surface area contributed by atoms with Crippen molar-refractivity contribution in [2.75, 3.05) is 29.9 Å². The minimum absolute atomic E-state index is 0. The lowest BCUT2D eigenvalue weighted by Crippen LogP contribution is -2.46. The van der Waals surface area contributed by atoms with Gasteiger partial charge in [-0.25, -0.2) is 0 Å². The van der Waals surface area contributed by atoms with E-state index in [9.17, 15) is 14.4 Å². The van der Waals surface area contributed by atoms with Crippen LogP contribution in [0.15, 0.2) is 24.3 Å². The molecule has 2 aliphatic heterocycles. The van der Waals surface area contributed by atoms with Crippen LogP contribution in [0.3, 0.4) is 0 Å². The maximum absolute atomic E-state index is 12.5. The summed E-state index contributed by atoms with van der Waals surface area (Å²) in [5.41, 5.74) is 1.30. The third-order valence-corrected chi connectivity index (χ3v) is 4.30. The zero-order valence-electron chi connectivity index (χ0n) is 13.9. The van der Waals surface area contributed by atoms with Crippen molar-refractivity contribution in [3.63, 3.8) is 0 Å². The number of amides is 3. The SMILES string of the molecule is Cl.O=C1CN(C(=O)CCC(=O)NC2CCCNC2)c2ccccc2N1. The van der Waals surface area contributed by atoms with Gasteiger partial charge in [0.25, 0.3) is 0 Å². The fraction of sp³-hybridized carbons (Fsp3) is 0.471. The van der Waals surface area contributed by atoms with Crippen LogP contribution in [0, 0.1) is 0 Å². The molecule has 7 nitrogen and oxygen atoms in total. The van der Waals surface area contributed by atoms with E-state index in [4.69, 9.17) is 0 Å². The van der Waals surface area contributed by atoms with Crippen molar-refractivity contribution in [2.45, 2.75) is 31.7 Å². The average molecular weight is 367 g/mol. The molecule has 3 rings (SSSR count). The van der Waals surface area contributed by atoms with E-state index in [1.165, 1.54) is 4.90 Å². The lowest BCUT2D eigenvalue weighted by molar-refractivity contribution is -0.126. The van der Waals surface area contributed by atoms with E-state index < -0.39 is 0 Å². The maximum atomic E-state index is 12.5. The second-order valence-electron chi connectivity index (χ2n) is 6.16. The van der Waals surface area contributed by atoms with E-state index in [1.807, 2.05) is 6.07 Å². The highest BCUT2D eigenvalue weighted by molar-refractivity contribution is 6.10. The van der Waals surface area contributed by atoms with Gasteiger partial charge >= 0.3 is 0 Å². The zero-order chi connectivity index (χ0) is 16.9. The minimum Gasteiger partial charge on any atom is -0.352 e. The molecule has 1 aromatic carbocycles. The van der Waals surface area contributed by atoms with Crippen molar-refractivity contribution in [1.29, 1.82) is 0 Å². The highest BCUT2D eigenvalue weighted by Gasteiger charge is 2.26. The highest BCUT2D eigenvalue weighted by Crippen LogP contribution is 2.29. The lowest BCUT2D eigenvalue weighted by Gasteiger charge is -2.29. The van der Waals surface area contributed by atoms with E-state index in [0.29, 0.717) is 11.4 Å². The number of halogens is 1. The molecule has 1 aromatic rings. The molecule has 1 saturated heterocycles. The van der Waals surface area contributed by atoms with Gasteiger partial charge in [-0.2, -0.15) is 0 Å². The van der Waals surface area contributed by atoms with Crippen LogP contribution in [-0.2, 0) is 14.4 Å². The highest BCUT2D eigenvalue weighted by atomic mass is 35.5. The Morgan fingerprint density at radius 1 is 1.24 bits per heavy atom. The fourth-order valence-electron chi connectivity index (χ4n) is 3.09. The summed E-state index contributed by atoms with van der Waals surface area (Å²) < 4.78 is 0. The van der Waals surface area contributed by atoms with Gasteiger partial charge in [0.2, 0.25) is 17.7 Å². The zero-order valence-corrected chi connectivity index (χ0v) is 14.7. The predicted octanol–water partition coefficient (Wildman–Crippen LogP) is 1.04. The summed E-state index contributed by atoms with van der Waals surface area (Å²) in [5, 5.41) is 8.94. The number of fused-ring (bicyclic) bond motifs is 1. The van der Waals surface area contributed by atoms with Gasteiger partial charge in [0.15, 0.2) is 0 Å². The number of hydrogen-bond donors (Lipinski definition) is 3. The molecule has 2 heterocycles. The number of nitrogens with zero attached hydrogens (tertiary/aromatic N) is 1. The molecule has 1 unspecified atom stereocenters. The van der Waals surface area contributed by atoms with Crippen LogP contribution >= 0.6 is 12.4 Å². The Bertz CT molecular complexity index is 647. The standard InChI is InChI=1S/C17H22N4O3.ClH/c22-15(19-12-4-3-9-18-10-12)7-8-17(24)21-11-16(23)20-13-5-1-2-6-14(13)21;/h1-2,5-6,12,18H,3-4,7-11H2,(H,19,22)(H,20,23);1H. The van der Waals surface area contributed by atoms with E-state index in [0.717, 1.165) is 25.9 Å². The van der Waals surface area contributed by atoms with Crippen molar-refractivity contribution >= 4 is 41.5 Å². The Morgan fingerprint density at radius 3 is 2.80 bits per heavy atom. The number of nitrogens with one attached hydrogen (secondary N) is 3. The van der Waals surface area contributed by atoms with E-state index in [1.54, 1.807) is 18.2 Å². The molecule has 2 aliphatic rings. The first-order valence-electron chi connectivity index (χ1n) is 8.33. The molecular formula is C17H23ClN4O3. The van der Waals surface area contributed by atoms with Gasteiger partial charge in [0, 0.05) is 25.4 Å². The van der Waals surface area contributed by atoms with Crippen molar-refractivity contribution in [2.24, 2.45) is 0 Å². The molecule has 0 aliphatic carbocycles. The molecule has 3 amide bonds. The normalized spacial score (nSPS) is 19.3. The van der Waals surface area contributed by atoms with Gasteiger partial charge in [-0.15, -0.1) is 12.4 Å². The van der Waals surface area contributed by atoms with Gasteiger partial charge < -0.3 is 20.9 Å². The molecule has 0 saturated carbocycles. The minimum atomic E-state index is -0.222. The first-order chi connectivity index (χ1) is 11.6. The number of benzene rings is 1. The summed E-state index contributed by atoms with van der Waals surface area (Å²) in [7, 11) is 0. The van der Waals surface area contributed by atoms with Crippen LogP contribution < -0.4 is 20.9 Å². The second kappa shape index (κ2) is 8.82. The van der Waals surface area contributed by atoms with E-state index >= 15 is 0 Å². The van der Waals surface area contributed by atoms with Crippen LogP contribution in [-0.4, -0.2) is 43.4 Å². The van der Waals surface area contributed by atoms with E-state index in [2.05, 4.69) is 16.0 Å². The molecule has 136 valence electrons. The van der Waals surface area contributed by atoms with E-state index in [-0.39, 0.29) is 55.6 Å². The Kier molecular flexibility index (Phi) is 6.78. The Hall–Kier alpha value is -2.12. The molecule has 1 atom stereocenters. The molecule has 3 N–H and O–H groups in total. The lowest BCUT2D eigenvalue weighted by atomic mass is 10.1. The summed E-state index contributed by atoms with van der Waals surface area (Å²) in [6.07, 6.45) is 2.24. The summed E-state index contributed by atoms with van der Waals surface area (Å²) in [6, 6.07) is 7.32. The number of rotatable bonds is 4. The summed E-state index contributed by atoms with van der Waals surface area (Å²) >= 11 is 0. The van der Waals surface area contributed by atoms with Crippen LogP contribution in [0.25, 0.3) is 0 Å². The molecule has 0 spiro atoms. The quantitative estimate of drug-likeness (QED) is 0.742. The average Bonchev–Trinajstić information content (AvgIpc) is 2.59. The molecule has 0 bridgehead atoms. The van der Waals surface area contributed by atoms with Gasteiger partial charge in [0.05, 0.1) is 11.4 Å². The molecule has 1 fully saturated rings. The fourth-order valence-corrected chi connectivity index (χ4v) is 3.09. The Labute approximate surface area is 152 Å². The second-order valence-corrected chi connectivity index (χ2v) is 6.16. The maximum Gasteiger partial charge on any atom is 0.244 e. The number of hydrogen-bond acceptors (Lipinski definition) is 4.